The smallest absolute Gasteiger partial charge is 0.338 e. The van der Waals surface area contributed by atoms with Gasteiger partial charge >= 0.3 is 12.0 Å². The van der Waals surface area contributed by atoms with E-state index in [-0.39, 0.29) is 0 Å². The van der Waals surface area contributed by atoms with Crippen molar-refractivity contribution in [1.29, 1.82) is 0 Å². The number of nitrogens with zero attached hydrogens (tertiary/aromatic N) is 1. The first-order valence-electron chi connectivity index (χ1n) is 10.3. The molecule has 0 fully saturated rings. The van der Waals surface area contributed by atoms with E-state index in [1.54, 1.807) is 55.6 Å². The van der Waals surface area contributed by atoms with Gasteiger partial charge < -0.3 is 21.1 Å². The summed E-state index contributed by atoms with van der Waals surface area (Å²) >= 11 is 0. The molecule has 0 saturated carbocycles. The Labute approximate surface area is 191 Å². The summed E-state index contributed by atoms with van der Waals surface area (Å²) in [5, 5.41) is 12.8. The van der Waals surface area contributed by atoms with E-state index in [4.69, 9.17) is 10.5 Å². The summed E-state index contributed by atoms with van der Waals surface area (Å²) < 4.78 is 4.96. The zero-order valence-corrected chi connectivity index (χ0v) is 18.2. The van der Waals surface area contributed by atoms with Gasteiger partial charge in [-0.2, -0.15) is 5.10 Å². The molecule has 0 radical (unpaired) electrons. The maximum absolute atomic E-state index is 12.5. The topological polar surface area (TPSA) is 122 Å². The highest BCUT2D eigenvalue weighted by Crippen LogP contribution is 2.29. The molecular formula is C25H25N5O3. The predicted molar refractivity (Wildman–Crippen MR) is 131 cm³/mol. The number of hydrogen-bond acceptors (Lipinski definition) is 5. The quantitative estimate of drug-likeness (QED) is 0.290. The van der Waals surface area contributed by atoms with Gasteiger partial charge in [0.1, 0.15) is 0 Å². The van der Waals surface area contributed by atoms with Gasteiger partial charge in [-0.3, -0.25) is 5.10 Å². The van der Waals surface area contributed by atoms with Crippen LogP contribution in [0.25, 0.3) is 16.8 Å². The van der Waals surface area contributed by atoms with Crippen LogP contribution in [0, 0.1) is 0 Å². The summed E-state index contributed by atoms with van der Waals surface area (Å²) in [4.78, 5) is 24.2. The zero-order valence-electron chi connectivity index (χ0n) is 18.2. The van der Waals surface area contributed by atoms with Gasteiger partial charge in [0.2, 0.25) is 0 Å². The molecular weight excluding hydrogens is 418 g/mol. The summed E-state index contributed by atoms with van der Waals surface area (Å²) in [6.07, 6.45) is 8.50. The van der Waals surface area contributed by atoms with E-state index in [0.717, 1.165) is 16.7 Å². The van der Waals surface area contributed by atoms with E-state index in [2.05, 4.69) is 27.4 Å². The minimum atomic E-state index is -0.420. The fraction of sp³-hybridized carbons (Fsp3) is 0.0800. The van der Waals surface area contributed by atoms with E-state index in [1.165, 1.54) is 6.20 Å². The largest absolute Gasteiger partial charge is 0.462 e. The third kappa shape index (κ3) is 5.98. The number of allylic oxidation sites excluding steroid dienone is 4. The van der Waals surface area contributed by atoms with Crippen LogP contribution in [0.5, 0.6) is 0 Å². The van der Waals surface area contributed by atoms with Gasteiger partial charge in [-0.15, -0.1) is 0 Å². The average molecular weight is 444 g/mol. The Morgan fingerprint density at radius 3 is 2.61 bits per heavy atom. The molecule has 0 atom stereocenters. The van der Waals surface area contributed by atoms with Crippen LogP contribution in [0.4, 0.5) is 16.2 Å². The lowest BCUT2D eigenvalue weighted by atomic mass is 10.0. The highest BCUT2D eigenvalue weighted by atomic mass is 16.5. The molecule has 168 valence electrons. The monoisotopic (exact) mass is 443 g/mol. The fourth-order valence-electron chi connectivity index (χ4n) is 3.14. The van der Waals surface area contributed by atoms with E-state index in [9.17, 15) is 9.59 Å². The van der Waals surface area contributed by atoms with E-state index < -0.39 is 12.0 Å². The number of carbonyl (C=O) groups is 2. The molecule has 0 aliphatic rings. The van der Waals surface area contributed by atoms with Crippen LogP contribution in [-0.4, -0.2) is 28.8 Å². The molecule has 1 aromatic heterocycles. The van der Waals surface area contributed by atoms with Crippen molar-refractivity contribution in [3.63, 3.8) is 0 Å². The molecule has 2 aromatic carbocycles. The summed E-state index contributed by atoms with van der Waals surface area (Å²) in [5.74, 6) is -0.406. The lowest BCUT2D eigenvalue weighted by molar-refractivity contribution is 0.0526. The third-order valence-corrected chi connectivity index (χ3v) is 4.57. The molecule has 3 rings (SSSR count). The Hall–Kier alpha value is -4.59. The van der Waals surface area contributed by atoms with Gasteiger partial charge in [0.05, 0.1) is 17.9 Å². The summed E-state index contributed by atoms with van der Waals surface area (Å²) in [6.45, 7) is 5.78. The molecule has 5 N–H and O–H groups in total. The number of ether oxygens (including phenoxy) is 1. The van der Waals surface area contributed by atoms with E-state index in [0.29, 0.717) is 29.2 Å². The first kappa shape index (κ1) is 23.1. The van der Waals surface area contributed by atoms with Crippen molar-refractivity contribution in [2.75, 3.05) is 17.2 Å². The number of aromatic nitrogens is 2. The molecule has 0 bridgehead atoms. The Bertz CT molecular complexity index is 1190. The molecule has 1 heterocycles. The van der Waals surface area contributed by atoms with Crippen molar-refractivity contribution < 1.29 is 14.3 Å². The van der Waals surface area contributed by atoms with Crippen molar-refractivity contribution in [3.8, 4) is 11.3 Å². The normalized spacial score (nSPS) is 11.2. The van der Waals surface area contributed by atoms with Gasteiger partial charge in [0.15, 0.2) is 0 Å². The molecule has 0 aliphatic carbocycles. The fourth-order valence-corrected chi connectivity index (χ4v) is 3.14. The van der Waals surface area contributed by atoms with Gasteiger partial charge in [-0.1, -0.05) is 30.9 Å². The molecule has 33 heavy (non-hydrogen) atoms. The number of nitrogens with one attached hydrogen (secondary N) is 3. The second kappa shape index (κ2) is 11.1. The number of H-pyrrole nitrogens is 1. The van der Waals surface area contributed by atoms with Gasteiger partial charge in [0.25, 0.3) is 0 Å². The predicted octanol–water partition coefficient (Wildman–Crippen LogP) is 4.94. The van der Waals surface area contributed by atoms with Crippen LogP contribution in [0.2, 0.25) is 0 Å². The number of benzene rings is 2. The van der Waals surface area contributed by atoms with Crippen LogP contribution < -0.4 is 16.4 Å². The molecule has 8 nitrogen and oxygen atoms in total. The van der Waals surface area contributed by atoms with Gasteiger partial charge in [0, 0.05) is 28.7 Å². The van der Waals surface area contributed by atoms with Gasteiger partial charge in [-0.25, -0.2) is 9.59 Å². The summed E-state index contributed by atoms with van der Waals surface area (Å²) in [6, 6.07) is 13.4. The SMILES string of the molecule is C=C/C=C(\C=C/N)c1c[nH]nc1-c1cccc(NC(=O)Nc2ccc(C(=O)OCC)cc2)c1. The standard InChI is InChI=1S/C25H25N5O3/c1-3-6-17(13-14-26)22-16-27-30-23(22)19-7-5-8-21(15-19)29-25(32)28-20-11-9-18(10-12-20)24(31)33-4-2/h3,5-16H,1,4,26H2,2H3,(H,27,30)(H2,28,29,32)/b14-13-,17-6+. The number of aromatic amines is 1. The Morgan fingerprint density at radius 1 is 1.15 bits per heavy atom. The first-order valence-corrected chi connectivity index (χ1v) is 10.3. The van der Waals surface area contributed by atoms with Crippen molar-refractivity contribution >= 4 is 28.9 Å². The minimum Gasteiger partial charge on any atom is -0.462 e. The average Bonchev–Trinajstić information content (AvgIpc) is 3.29. The van der Waals surface area contributed by atoms with E-state index >= 15 is 0 Å². The molecule has 0 spiro atoms. The van der Waals surface area contributed by atoms with Crippen LogP contribution in [0.1, 0.15) is 22.8 Å². The molecule has 0 saturated heterocycles. The third-order valence-electron chi connectivity index (χ3n) is 4.57. The van der Waals surface area contributed by atoms with Crippen LogP contribution >= 0.6 is 0 Å². The zero-order chi connectivity index (χ0) is 23.6. The van der Waals surface area contributed by atoms with Gasteiger partial charge in [-0.05, 0) is 61.2 Å². The first-order chi connectivity index (χ1) is 16.0. The molecule has 2 amide bonds. The molecule has 3 aromatic rings. The summed E-state index contributed by atoms with van der Waals surface area (Å²) in [5.41, 5.74) is 10.3. The van der Waals surface area contributed by atoms with Crippen molar-refractivity contribution in [1.82, 2.24) is 10.2 Å². The number of esters is 1. The summed E-state index contributed by atoms with van der Waals surface area (Å²) in [7, 11) is 0. The van der Waals surface area contributed by atoms with Crippen molar-refractivity contribution in [2.24, 2.45) is 5.73 Å². The van der Waals surface area contributed by atoms with Crippen LogP contribution in [-0.2, 0) is 4.74 Å². The number of rotatable bonds is 8. The molecule has 0 unspecified atom stereocenters. The van der Waals surface area contributed by atoms with E-state index in [1.807, 2.05) is 24.3 Å². The lowest BCUT2D eigenvalue weighted by Gasteiger charge is -2.10. The van der Waals surface area contributed by atoms with Crippen LogP contribution in [0.15, 0.2) is 85.7 Å². The highest BCUT2D eigenvalue weighted by Gasteiger charge is 2.12. The highest BCUT2D eigenvalue weighted by molar-refractivity contribution is 6.00. The number of hydrogen-bond donors (Lipinski definition) is 4. The Balaban J connectivity index is 1.73. The molecule has 0 aliphatic heterocycles. The number of urea groups is 1. The second-order valence-corrected chi connectivity index (χ2v) is 6.82. The lowest BCUT2D eigenvalue weighted by Crippen LogP contribution is -2.19. The number of amides is 2. The maximum atomic E-state index is 12.5. The minimum absolute atomic E-state index is 0.301. The number of anilines is 2. The van der Waals surface area contributed by atoms with Crippen molar-refractivity contribution in [3.05, 3.63) is 96.9 Å². The van der Waals surface area contributed by atoms with Crippen molar-refractivity contribution in [2.45, 2.75) is 6.92 Å². The molecule has 8 heteroatoms. The maximum Gasteiger partial charge on any atom is 0.338 e. The second-order valence-electron chi connectivity index (χ2n) is 6.82. The van der Waals surface area contributed by atoms with Crippen LogP contribution in [0.3, 0.4) is 0 Å². The Morgan fingerprint density at radius 2 is 1.91 bits per heavy atom. The number of nitrogens with two attached hydrogens (primary N) is 1. The number of carbonyl (C=O) groups excluding carboxylic acids is 2. The Kier molecular flexibility index (Phi) is 7.80.